The van der Waals surface area contributed by atoms with Crippen LogP contribution in [0.3, 0.4) is 0 Å². The molecule has 114 valence electrons. The average Bonchev–Trinajstić information content (AvgIpc) is 2.11. The number of hydrogen-bond acceptors (Lipinski definition) is 5. The number of carboxylic acids is 4. The Morgan fingerprint density at radius 3 is 1.37 bits per heavy atom. The minimum atomic E-state index is -1.17. The van der Waals surface area contributed by atoms with Gasteiger partial charge in [0.2, 0.25) is 0 Å². The fourth-order valence-corrected chi connectivity index (χ4v) is 0.402. The summed E-state index contributed by atoms with van der Waals surface area (Å²) in [6.45, 7) is 2.17. The molecule has 1 atom stereocenters. The predicted octanol–water partition coefficient (Wildman–Crippen LogP) is -0.558. The molecule has 0 rings (SSSR count). The van der Waals surface area contributed by atoms with E-state index in [1.165, 1.54) is 0 Å². The predicted molar refractivity (Wildman–Crippen MR) is 59.1 cm³/mol. The Balaban J connectivity index is -0.000000105. The molecule has 0 aliphatic carbocycles. The van der Waals surface area contributed by atoms with Crippen LogP contribution >= 0.6 is 0 Å². The third-order valence-electron chi connectivity index (χ3n) is 0.986. The molecule has 0 spiro atoms. The number of carboxylic acid groups (broad SMARTS) is 4. The third-order valence-corrected chi connectivity index (χ3v) is 0.986. The van der Waals surface area contributed by atoms with E-state index in [1.807, 2.05) is 0 Å². The molecule has 0 saturated heterocycles. The van der Waals surface area contributed by atoms with Crippen molar-refractivity contribution >= 4 is 23.9 Å². The van der Waals surface area contributed by atoms with Crippen LogP contribution in [0.15, 0.2) is 0 Å². The molecule has 6 N–H and O–H groups in total. The SMILES string of the molecule is CC(=O)O.CC(=O)O.N[C@H](CCC(=O)O)C(=O)O.[Fe]. The van der Waals surface area contributed by atoms with Crippen LogP contribution < -0.4 is 5.73 Å². The molecule has 0 heterocycles. The minimum absolute atomic E-state index is 0. The zero-order valence-electron chi connectivity index (χ0n) is 10.3. The molecule has 0 aromatic rings. The van der Waals surface area contributed by atoms with Crippen LogP contribution in [0.25, 0.3) is 0 Å². The molecule has 0 amide bonds. The van der Waals surface area contributed by atoms with Gasteiger partial charge in [-0.05, 0) is 6.42 Å². The molecule has 0 unspecified atom stereocenters. The molecule has 0 aromatic carbocycles. The van der Waals surface area contributed by atoms with E-state index in [4.69, 9.17) is 35.7 Å². The summed E-state index contributed by atoms with van der Waals surface area (Å²) >= 11 is 0. The summed E-state index contributed by atoms with van der Waals surface area (Å²) in [4.78, 5) is 37.9. The van der Waals surface area contributed by atoms with Gasteiger partial charge in [-0.3, -0.25) is 19.2 Å². The maximum atomic E-state index is 9.99. The smallest absolute Gasteiger partial charge is 0.320 e. The summed E-state index contributed by atoms with van der Waals surface area (Å²) in [6.07, 6.45) is -0.224. The van der Waals surface area contributed by atoms with Crippen LogP contribution in [0, 0.1) is 0 Å². The first-order valence-electron chi connectivity index (χ1n) is 4.59. The molecule has 0 radical (unpaired) electrons. The fraction of sp³-hybridized carbons (Fsp3) is 0.556. The van der Waals surface area contributed by atoms with E-state index < -0.39 is 29.9 Å². The van der Waals surface area contributed by atoms with E-state index in [-0.39, 0.29) is 29.9 Å². The molecule has 0 saturated carbocycles. The Morgan fingerprint density at radius 2 is 1.21 bits per heavy atom. The van der Waals surface area contributed by atoms with Gasteiger partial charge in [0.25, 0.3) is 11.9 Å². The summed E-state index contributed by atoms with van der Waals surface area (Å²) in [5, 5.41) is 31.1. The van der Waals surface area contributed by atoms with Gasteiger partial charge >= 0.3 is 11.9 Å². The monoisotopic (exact) mass is 323 g/mol. The van der Waals surface area contributed by atoms with E-state index in [0.717, 1.165) is 13.8 Å². The second-order valence-corrected chi connectivity index (χ2v) is 2.92. The van der Waals surface area contributed by atoms with Crippen molar-refractivity contribution < 1.29 is 56.7 Å². The van der Waals surface area contributed by atoms with Crippen LogP contribution in [0.2, 0.25) is 0 Å². The first kappa shape index (κ1) is 26.0. The van der Waals surface area contributed by atoms with Crippen molar-refractivity contribution in [1.82, 2.24) is 0 Å². The standard InChI is InChI=1S/C5H9NO4.2C2H4O2.Fe/c6-3(5(9)10)1-2-4(7)8;2*1-2(3)4;/h3H,1-2,6H2,(H,7,8)(H,9,10);2*1H3,(H,3,4);/t3-;;;/m1.../s1. The first-order valence-corrected chi connectivity index (χ1v) is 4.59. The number of rotatable bonds is 4. The molecule has 10 heteroatoms. The van der Waals surface area contributed by atoms with Gasteiger partial charge in [-0.2, -0.15) is 0 Å². The molecule has 0 aliphatic heterocycles. The van der Waals surface area contributed by atoms with Crippen LogP contribution in [0.5, 0.6) is 0 Å². The van der Waals surface area contributed by atoms with Crippen LogP contribution in [-0.4, -0.2) is 50.3 Å². The van der Waals surface area contributed by atoms with E-state index >= 15 is 0 Å². The van der Waals surface area contributed by atoms with Crippen LogP contribution in [0.4, 0.5) is 0 Å². The first-order chi connectivity index (χ1) is 8.00. The molecule has 0 aromatic heterocycles. The van der Waals surface area contributed by atoms with Crippen molar-refractivity contribution in [1.29, 1.82) is 0 Å². The van der Waals surface area contributed by atoms with Gasteiger partial charge < -0.3 is 26.2 Å². The van der Waals surface area contributed by atoms with Crippen LogP contribution in [0.1, 0.15) is 26.7 Å². The van der Waals surface area contributed by atoms with Gasteiger partial charge in [-0.1, -0.05) is 0 Å². The molecule has 19 heavy (non-hydrogen) atoms. The van der Waals surface area contributed by atoms with Gasteiger partial charge in [-0.15, -0.1) is 0 Å². The van der Waals surface area contributed by atoms with Gasteiger partial charge in [0.05, 0.1) is 0 Å². The quantitative estimate of drug-likeness (QED) is 0.424. The summed E-state index contributed by atoms with van der Waals surface area (Å²) in [5.41, 5.74) is 5.00. The van der Waals surface area contributed by atoms with Gasteiger partial charge in [0.15, 0.2) is 0 Å². The zero-order valence-corrected chi connectivity index (χ0v) is 11.4. The molecular weight excluding hydrogens is 306 g/mol. The van der Waals surface area contributed by atoms with Crippen molar-refractivity contribution in [2.45, 2.75) is 32.7 Å². The number of aliphatic carboxylic acids is 4. The molecular formula is C9H17FeNO8. The largest absolute Gasteiger partial charge is 0.481 e. The van der Waals surface area contributed by atoms with E-state index in [9.17, 15) is 9.59 Å². The van der Waals surface area contributed by atoms with E-state index in [2.05, 4.69) is 0 Å². The van der Waals surface area contributed by atoms with Crippen LogP contribution in [-0.2, 0) is 36.2 Å². The van der Waals surface area contributed by atoms with Gasteiger partial charge in [0.1, 0.15) is 6.04 Å². The minimum Gasteiger partial charge on any atom is -0.481 e. The summed E-state index contributed by atoms with van der Waals surface area (Å²) < 4.78 is 0. The van der Waals surface area contributed by atoms with Gasteiger partial charge in [0, 0.05) is 37.3 Å². The van der Waals surface area contributed by atoms with Crippen molar-refractivity contribution in [3.8, 4) is 0 Å². The Hall–Kier alpha value is -1.64. The van der Waals surface area contributed by atoms with Gasteiger partial charge in [-0.25, -0.2) is 0 Å². The van der Waals surface area contributed by atoms with E-state index in [1.54, 1.807) is 0 Å². The average molecular weight is 323 g/mol. The Morgan fingerprint density at radius 1 is 0.947 bits per heavy atom. The van der Waals surface area contributed by atoms with Crippen molar-refractivity contribution in [2.75, 3.05) is 0 Å². The normalized spacial score (nSPS) is 9.21. The summed E-state index contributed by atoms with van der Waals surface area (Å²) in [6, 6.07) is -1.06. The maximum Gasteiger partial charge on any atom is 0.320 e. The molecule has 9 nitrogen and oxygen atoms in total. The second-order valence-electron chi connectivity index (χ2n) is 2.92. The molecule has 0 aliphatic rings. The second kappa shape index (κ2) is 16.4. The summed E-state index contributed by atoms with van der Waals surface area (Å²) in [7, 11) is 0. The third kappa shape index (κ3) is 62.3. The Bertz CT molecular complexity index is 274. The molecule has 0 fully saturated rings. The fourth-order valence-electron chi connectivity index (χ4n) is 0.402. The number of nitrogens with two attached hydrogens (primary N) is 1. The van der Waals surface area contributed by atoms with Crippen molar-refractivity contribution in [3.63, 3.8) is 0 Å². The maximum absolute atomic E-state index is 9.99. The zero-order chi connectivity index (χ0) is 15.3. The number of hydrogen-bond donors (Lipinski definition) is 5. The topological polar surface area (TPSA) is 175 Å². The van der Waals surface area contributed by atoms with E-state index in [0.29, 0.717) is 0 Å². The molecule has 0 bridgehead atoms. The Labute approximate surface area is 119 Å². The van der Waals surface area contributed by atoms with Crippen molar-refractivity contribution in [2.24, 2.45) is 5.73 Å². The summed E-state index contributed by atoms with van der Waals surface area (Å²) in [5.74, 6) is -3.86. The number of carbonyl (C=O) groups is 4. The van der Waals surface area contributed by atoms with Crippen molar-refractivity contribution in [3.05, 3.63) is 0 Å². The Kier molecular flexibility index (Phi) is 22.4.